The number of aryl methyl sites for hydroxylation is 1. The molecule has 0 bridgehead atoms. The van der Waals surface area contributed by atoms with E-state index in [0.29, 0.717) is 59.0 Å². The van der Waals surface area contributed by atoms with Gasteiger partial charge in [0.1, 0.15) is 10.6 Å². The van der Waals surface area contributed by atoms with Crippen molar-refractivity contribution in [3.8, 4) is 11.4 Å². The lowest BCUT2D eigenvalue weighted by Gasteiger charge is -2.35. The van der Waals surface area contributed by atoms with Crippen LogP contribution >= 0.6 is 11.3 Å². The maximum absolute atomic E-state index is 13.7. The minimum absolute atomic E-state index is 0.175. The van der Waals surface area contributed by atoms with Crippen LogP contribution < -0.4 is 5.32 Å². The molecule has 0 aromatic carbocycles. The van der Waals surface area contributed by atoms with Gasteiger partial charge in [0.25, 0.3) is 5.91 Å². The molecule has 3 aromatic heterocycles. The zero-order chi connectivity index (χ0) is 25.2. The van der Waals surface area contributed by atoms with Gasteiger partial charge in [-0.2, -0.15) is 13.2 Å². The van der Waals surface area contributed by atoms with Crippen LogP contribution in [0.25, 0.3) is 11.4 Å². The molecule has 4 heterocycles. The van der Waals surface area contributed by atoms with E-state index in [0.717, 1.165) is 19.0 Å². The third-order valence-corrected chi connectivity index (χ3v) is 7.09. The summed E-state index contributed by atoms with van der Waals surface area (Å²) in [6.45, 7) is 6.74. The molecule has 0 radical (unpaired) electrons. The Morgan fingerprint density at radius 3 is 2.57 bits per heavy atom. The summed E-state index contributed by atoms with van der Waals surface area (Å²) in [5, 5.41) is 3.20. The van der Waals surface area contributed by atoms with Gasteiger partial charge in [-0.15, -0.1) is 0 Å². The van der Waals surface area contributed by atoms with Crippen molar-refractivity contribution in [2.45, 2.75) is 45.8 Å². The lowest BCUT2D eigenvalue weighted by atomic mass is 10.0. The number of aromatic nitrogens is 4. The monoisotopic (exact) mass is 504 g/mol. The van der Waals surface area contributed by atoms with Gasteiger partial charge in [0.05, 0.1) is 11.8 Å². The Balaban J connectivity index is 0.00000141. The van der Waals surface area contributed by atoms with Crippen LogP contribution in [-0.4, -0.2) is 49.9 Å². The first kappa shape index (κ1) is 25.0. The number of pyridine rings is 1. The van der Waals surface area contributed by atoms with Gasteiger partial charge in [0.2, 0.25) is 0 Å². The standard InChI is InChI=1S/C22H21F3N6OS.C2H6/c1-12-3-4-16(19-26-5-2-6-27-19)18(30-12)20(32)31-11-14-7-13(14)8-15(31)9-28-21-29-10-17(33-21)22(23,24)25;1-2/h2-6,10,13-15H,7-9,11H2,1H3,(H,28,29);1-2H3/t13-,14+,15?;/m1./s1. The van der Waals surface area contributed by atoms with E-state index in [9.17, 15) is 18.0 Å². The number of thiazole rings is 1. The number of carbonyl (C=O) groups excluding carboxylic acids is 1. The number of amides is 1. The van der Waals surface area contributed by atoms with Crippen molar-refractivity contribution >= 4 is 22.4 Å². The van der Waals surface area contributed by atoms with Crippen LogP contribution in [0.3, 0.4) is 0 Å². The molecule has 1 amide bonds. The topological polar surface area (TPSA) is 83.9 Å². The largest absolute Gasteiger partial charge is 0.427 e. The van der Waals surface area contributed by atoms with Crippen molar-refractivity contribution in [2.24, 2.45) is 11.8 Å². The molecule has 1 N–H and O–H groups in total. The maximum atomic E-state index is 13.7. The highest BCUT2D eigenvalue weighted by Gasteiger charge is 2.47. The lowest BCUT2D eigenvalue weighted by Crippen LogP contribution is -2.48. The maximum Gasteiger partial charge on any atom is 0.427 e. The Morgan fingerprint density at radius 2 is 1.89 bits per heavy atom. The fourth-order valence-corrected chi connectivity index (χ4v) is 5.00. The molecule has 1 saturated heterocycles. The fourth-order valence-electron chi connectivity index (χ4n) is 4.31. The second kappa shape index (κ2) is 10.3. The van der Waals surface area contributed by atoms with Crippen molar-refractivity contribution in [1.29, 1.82) is 0 Å². The molecular formula is C24H27F3N6OS. The van der Waals surface area contributed by atoms with Gasteiger partial charge in [-0.25, -0.2) is 19.9 Å². The molecule has 1 saturated carbocycles. The molecule has 0 spiro atoms. The first-order valence-corrected chi connectivity index (χ1v) is 12.4. The second-order valence-corrected chi connectivity index (χ2v) is 9.46. The van der Waals surface area contributed by atoms with Gasteiger partial charge < -0.3 is 10.2 Å². The summed E-state index contributed by atoms with van der Waals surface area (Å²) in [4.78, 5) is 31.6. The van der Waals surface area contributed by atoms with Crippen LogP contribution in [0.1, 0.15) is 47.7 Å². The van der Waals surface area contributed by atoms with E-state index in [1.807, 2.05) is 26.8 Å². The summed E-state index contributed by atoms with van der Waals surface area (Å²) in [5.41, 5.74) is 1.56. The Morgan fingerprint density at radius 1 is 1.14 bits per heavy atom. The summed E-state index contributed by atoms with van der Waals surface area (Å²) in [7, 11) is 0. The van der Waals surface area contributed by atoms with Gasteiger partial charge in [0.15, 0.2) is 11.0 Å². The summed E-state index contributed by atoms with van der Waals surface area (Å²) in [5.74, 6) is 1.22. The number of halogens is 3. The molecule has 3 atom stereocenters. The first-order valence-electron chi connectivity index (χ1n) is 11.6. The van der Waals surface area contributed by atoms with E-state index >= 15 is 0 Å². The van der Waals surface area contributed by atoms with Crippen molar-refractivity contribution < 1.29 is 18.0 Å². The number of piperidine rings is 1. The van der Waals surface area contributed by atoms with Crippen LogP contribution in [-0.2, 0) is 6.18 Å². The second-order valence-electron chi connectivity index (χ2n) is 8.43. The Labute approximate surface area is 205 Å². The molecule has 2 aliphatic rings. The van der Waals surface area contributed by atoms with Crippen molar-refractivity contribution in [3.05, 3.63) is 53.1 Å². The zero-order valence-corrected chi connectivity index (χ0v) is 20.5. The number of nitrogens with one attached hydrogen (secondary N) is 1. The smallest absolute Gasteiger partial charge is 0.359 e. The quantitative estimate of drug-likeness (QED) is 0.507. The molecule has 3 aromatic rings. The normalized spacial score (nSPS) is 21.0. The van der Waals surface area contributed by atoms with Crippen LogP contribution in [0.4, 0.5) is 18.3 Å². The van der Waals surface area contributed by atoms with Gasteiger partial charge in [-0.1, -0.05) is 25.2 Å². The predicted octanol–water partition coefficient (Wildman–Crippen LogP) is 5.31. The number of likely N-dealkylation sites (tertiary alicyclic amines) is 1. The van der Waals surface area contributed by atoms with E-state index in [1.54, 1.807) is 29.4 Å². The van der Waals surface area contributed by atoms with Crippen molar-refractivity contribution in [2.75, 3.05) is 18.4 Å². The van der Waals surface area contributed by atoms with Crippen LogP contribution in [0.2, 0.25) is 0 Å². The summed E-state index contributed by atoms with van der Waals surface area (Å²) in [6, 6.07) is 5.15. The zero-order valence-electron chi connectivity index (χ0n) is 19.7. The number of alkyl halides is 3. The number of hydrogen-bond donors (Lipinski definition) is 1. The van der Waals surface area contributed by atoms with Crippen LogP contribution in [0, 0.1) is 18.8 Å². The molecular weight excluding hydrogens is 477 g/mol. The molecule has 2 fully saturated rings. The van der Waals surface area contributed by atoms with Crippen LogP contribution in [0.15, 0.2) is 36.8 Å². The Bertz CT molecular complexity index is 1170. The molecule has 1 unspecified atom stereocenters. The number of rotatable bonds is 5. The molecule has 5 rings (SSSR count). The predicted molar refractivity (Wildman–Crippen MR) is 128 cm³/mol. The minimum Gasteiger partial charge on any atom is -0.359 e. The number of anilines is 1. The fraction of sp³-hybridized carbons (Fsp3) is 0.458. The summed E-state index contributed by atoms with van der Waals surface area (Å²) < 4.78 is 38.7. The van der Waals surface area contributed by atoms with Gasteiger partial charge >= 0.3 is 6.18 Å². The molecule has 35 heavy (non-hydrogen) atoms. The minimum atomic E-state index is -4.42. The van der Waals surface area contributed by atoms with E-state index in [2.05, 4.69) is 25.3 Å². The van der Waals surface area contributed by atoms with E-state index < -0.39 is 11.1 Å². The average Bonchev–Trinajstić information content (AvgIpc) is 3.45. The highest BCUT2D eigenvalue weighted by molar-refractivity contribution is 7.15. The third kappa shape index (κ3) is 5.61. The van der Waals surface area contributed by atoms with Crippen molar-refractivity contribution in [1.82, 2.24) is 24.8 Å². The van der Waals surface area contributed by atoms with Gasteiger partial charge in [-0.05, 0) is 49.8 Å². The molecule has 7 nitrogen and oxygen atoms in total. The number of hydrogen-bond acceptors (Lipinski definition) is 7. The van der Waals surface area contributed by atoms with E-state index in [4.69, 9.17) is 0 Å². The van der Waals surface area contributed by atoms with E-state index in [1.165, 1.54) is 0 Å². The highest BCUT2D eigenvalue weighted by atomic mass is 32.1. The van der Waals surface area contributed by atoms with Gasteiger partial charge in [0, 0.05) is 37.2 Å². The number of nitrogens with zero attached hydrogens (tertiary/aromatic N) is 5. The Hall–Kier alpha value is -3.08. The Kier molecular flexibility index (Phi) is 7.34. The summed E-state index contributed by atoms with van der Waals surface area (Å²) >= 11 is 0.568. The summed E-state index contributed by atoms with van der Waals surface area (Å²) in [6.07, 6.45) is 1.49. The first-order chi connectivity index (χ1) is 16.8. The molecule has 11 heteroatoms. The van der Waals surface area contributed by atoms with Crippen molar-refractivity contribution in [3.63, 3.8) is 0 Å². The SMILES string of the molecule is CC.Cc1ccc(-c2ncccn2)c(C(=O)N2C[C@@H]3C[C@@H]3CC2CNc2ncc(C(F)(F)F)s2)n1. The lowest BCUT2D eigenvalue weighted by molar-refractivity contribution is -0.134. The average molecular weight is 505 g/mol. The number of fused-ring (bicyclic) bond motifs is 1. The third-order valence-electron chi connectivity index (χ3n) is 6.09. The molecule has 1 aliphatic carbocycles. The highest BCUT2D eigenvalue weighted by Crippen LogP contribution is 2.47. The molecule has 1 aliphatic heterocycles. The number of carbonyl (C=O) groups is 1. The van der Waals surface area contributed by atoms with E-state index in [-0.39, 0.29) is 17.1 Å². The molecule has 186 valence electrons. The van der Waals surface area contributed by atoms with Gasteiger partial charge in [-0.3, -0.25) is 4.79 Å². The van der Waals surface area contributed by atoms with Crippen LogP contribution in [0.5, 0.6) is 0 Å².